The highest BCUT2D eigenvalue weighted by atomic mass is 32.2. The topological polar surface area (TPSA) is 278 Å². The fourth-order valence-electron chi connectivity index (χ4n) is 7.56. The van der Waals surface area contributed by atoms with Crippen LogP contribution in [0.25, 0.3) is 11.1 Å². The van der Waals surface area contributed by atoms with Crippen LogP contribution in [-0.2, 0) is 28.9 Å². The van der Waals surface area contributed by atoms with Gasteiger partial charge in [0.1, 0.15) is 66.2 Å². The summed E-state index contributed by atoms with van der Waals surface area (Å²) in [5.74, 6) is -5.59. The SMILES string of the molecule is O=C(CS(=O)(=O)[C@H]1C(=O)N(c2ccccc2)[C@@H]1c1ccc(-c2ccc(C3O[C@H](CO)[C@@H](O)[C@H](O)[C@H]3O)cc2)cc1O[C@@H]1OC(C(=O)O)C(O)[C@H](O)C1O)c1ccc(F)cc1. The third-order valence-corrected chi connectivity index (χ3v) is 12.7. The summed E-state index contributed by atoms with van der Waals surface area (Å²) in [5.41, 5.74) is 1.25. The first-order valence-electron chi connectivity index (χ1n) is 18.5. The van der Waals surface area contributed by atoms with Crippen LogP contribution >= 0.6 is 0 Å². The van der Waals surface area contributed by atoms with Gasteiger partial charge >= 0.3 is 5.97 Å². The van der Waals surface area contributed by atoms with Crippen LogP contribution in [0, 0.1) is 5.82 Å². The number of para-hydroxylation sites is 1. The van der Waals surface area contributed by atoms with E-state index in [9.17, 15) is 68.0 Å². The van der Waals surface area contributed by atoms with E-state index in [0.29, 0.717) is 16.7 Å². The number of ether oxygens (including phenoxy) is 3. The first kappa shape index (κ1) is 42.9. The summed E-state index contributed by atoms with van der Waals surface area (Å²) in [6.45, 7) is -0.641. The van der Waals surface area contributed by atoms with Gasteiger partial charge in [0.15, 0.2) is 27.0 Å². The van der Waals surface area contributed by atoms with Crippen LogP contribution in [-0.4, -0.2) is 140 Å². The normalized spacial score (nSPS) is 30.7. The maximum atomic E-state index is 14.1. The average Bonchev–Trinajstić information content (AvgIpc) is 3.22. The van der Waals surface area contributed by atoms with Gasteiger partial charge in [-0.05, 0) is 59.2 Å². The number of ketones is 1. The highest BCUT2D eigenvalue weighted by molar-refractivity contribution is 7.93. The van der Waals surface area contributed by atoms with Crippen LogP contribution in [0.2, 0.25) is 0 Å². The largest absolute Gasteiger partial charge is 0.479 e. The predicted molar refractivity (Wildman–Crippen MR) is 205 cm³/mol. The highest BCUT2D eigenvalue weighted by Crippen LogP contribution is 2.47. The molecule has 4 aromatic carbocycles. The molecule has 0 bridgehead atoms. The minimum Gasteiger partial charge on any atom is -0.479 e. The van der Waals surface area contributed by atoms with Gasteiger partial charge in [0.25, 0.3) is 0 Å². The van der Waals surface area contributed by atoms with E-state index in [2.05, 4.69) is 0 Å². The van der Waals surface area contributed by atoms with Gasteiger partial charge in [-0.25, -0.2) is 17.6 Å². The lowest BCUT2D eigenvalue weighted by Gasteiger charge is -2.47. The standard InChI is InChI=1S/C41H40FNO16S/c42-23-13-10-20(11-14-23)26(45)18-60(55,56)38-29(43(39(38)52)24-4-2-1-3-5-24)25-15-12-22(16-27(25)58-41-35(51)32(48)34(50)37(59-41)40(53)54)19-6-8-21(9-7-19)36-33(49)31(47)30(46)28(17-44)57-36/h1-16,28-38,41,44,46-51H,17-18H2,(H,53,54)/t28-,29-,30-,31+,32+,33-,34?,35?,36?,37?,38-,41-/m1/s1. The molecule has 3 aliphatic heterocycles. The van der Waals surface area contributed by atoms with Crippen molar-refractivity contribution in [2.45, 2.75) is 72.5 Å². The molecule has 3 aliphatic rings. The van der Waals surface area contributed by atoms with Crippen molar-refractivity contribution in [1.82, 2.24) is 0 Å². The van der Waals surface area contributed by atoms with Crippen molar-refractivity contribution in [1.29, 1.82) is 0 Å². The summed E-state index contributed by atoms with van der Waals surface area (Å²) in [6, 6.07) is 21.2. The molecule has 0 spiro atoms. The third-order valence-electron chi connectivity index (χ3n) is 10.8. The number of aliphatic carboxylic acids is 1. The van der Waals surface area contributed by atoms with Gasteiger partial charge in [0, 0.05) is 16.8 Å². The van der Waals surface area contributed by atoms with E-state index < -0.39 is 118 Å². The van der Waals surface area contributed by atoms with E-state index >= 15 is 0 Å². The van der Waals surface area contributed by atoms with Crippen molar-refractivity contribution in [3.8, 4) is 16.9 Å². The number of anilines is 1. The zero-order chi connectivity index (χ0) is 43.2. The van der Waals surface area contributed by atoms with Crippen LogP contribution in [0.3, 0.4) is 0 Å². The molecule has 4 aromatic rings. The van der Waals surface area contributed by atoms with Crippen LogP contribution in [0.1, 0.15) is 33.6 Å². The summed E-state index contributed by atoms with van der Waals surface area (Å²) in [6.07, 6.45) is -17.4. The molecule has 4 unspecified atom stereocenters. The number of Topliss-reactive ketones (excluding diaryl/α,β-unsaturated/α-hetero) is 1. The van der Waals surface area contributed by atoms with Crippen LogP contribution < -0.4 is 9.64 Å². The zero-order valence-corrected chi connectivity index (χ0v) is 32.0. The van der Waals surface area contributed by atoms with Crippen molar-refractivity contribution >= 4 is 33.2 Å². The van der Waals surface area contributed by atoms with Crippen molar-refractivity contribution in [2.24, 2.45) is 0 Å². The Balaban J connectivity index is 1.30. The van der Waals surface area contributed by atoms with E-state index in [0.717, 1.165) is 29.2 Å². The van der Waals surface area contributed by atoms with E-state index in [4.69, 9.17) is 14.2 Å². The Hall–Kier alpha value is -5.19. The fourth-order valence-corrected chi connectivity index (χ4v) is 9.35. The van der Waals surface area contributed by atoms with Gasteiger partial charge in [-0.2, -0.15) is 0 Å². The number of β-lactam (4-membered cyclic amide) rings is 1. The number of benzene rings is 4. The highest BCUT2D eigenvalue weighted by Gasteiger charge is 2.57. The molecule has 7 rings (SSSR count). The second-order valence-electron chi connectivity index (χ2n) is 14.6. The fraction of sp³-hybridized carbons (Fsp3) is 0.341. The molecule has 0 saturated carbocycles. The van der Waals surface area contributed by atoms with E-state index in [1.165, 1.54) is 42.5 Å². The van der Waals surface area contributed by atoms with Gasteiger partial charge in [0.05, 0.1) is 12.6 Å². The number of hydrogen-bond acceptors (Lipinski definition) is 15. The molecule has 0 aromatic heterocycles. The number of rotatable bonds is 12. The minimum atomic E-state index is -4.66. The van der Waals surface area contributed by atoms with Crippen molar-refractivity contribution in [2.75, 3.05) is 17.3 Å². The Bertz CT molecular complexity index is 2330. The Morgan fingerprint density at radius 2 is 1.38 bits per heavy atom. The Morgan fingerprint density at radius 1 is 0.750 bits per heavy atom. The number of sulfone groups is 1. The second kappa shape index (κ2) is 17.1. The molecule has 3 saturated heterocycles. The van der Waals surface area contributed by atoms with Crippen molar-refractivity contribution in [3.63, 3.8) is 0 Å². The number of carbonyl (C=O) groups excluding carboxylic acids is 2. The first-order valence-corrected chi connectivity index (χ1v) is 20.3. The quantitative estimate of drug-likeness (QED) is 0.0690. The van der Waals surface area contributed by atoms with Crippen molar-refractivity contribution in [3.05, 3.63) is 120 Å². The molecule has 12 atom stereocenters. The minimum absolute atomic E-state index is 0.0220. The monoisotopic (exact) mass is 853 g/mol. The molecule has 3 fully saturated rings. The predicted octanol–water partition coefficient (Wildman–Crippen LogP) is 0.0328. The lowest BCUT2D eigenvalue weighted by atomic mass is 9.89. The number of carbonyl (C=O) groups is 3. The molecule has 17 nitrogen and oxygen atoms in total. The molecule has 3 heterocycles. The Labute approximate surface area is 341 Å². The molecule has 60 heavy (non-hydrogen) atoms. The number of aliphatic hydroxyl groups excluding tert-OH is 7. The Kier molecular flexibility index (Phi) is 12.2. The van der Waals surface area contributed by atoms with Crippen molar-refractivity contribution < 1.29 is 82.3 Å². The smallest absolute Gasteiger partial charge is 0.335 e. The number of carboxylic acid groups (broad SMARTS) is 1. The van der Waals surface area contributed by atoms with Gasteiger partial charge in [-0.3, -0.25) is 9.59 Å². The number of nitrogens with zero attached hydrogens (tertiary/aromatic N) is 1. The molecule has 19 heteroatoms. The van der Waals surface area contributed by atoms with Gasteiger partial charge < -0.3 is 60.0 Å². The number of aliphatic hydroxyl groups is 7. The number of carboxylic acids is 1. The molecule has 1 amide bonds. The summed E-state index contributed by atoms with van der Waals surface area (Å²) in [4.78, 5) is 40.2. The van der Waals surface area contributed by atoms with Gasteiger partial charge in [-0.1, -0.05) is 54.6 Å². The third kappa shape index (κ3) is 8.04. The summed E-state index contributed by atoms with van der Waals surface area (Å²) in [7, 11) is -4.66. The van der Waals surface area contributed by atoms with Gasteiger partial charge in [-0.15, -0.1) is 0 Å². The summed E-state index contributed by atoms with van der Waals surface area (Å²) >= 11 is 0. The maximum absolute atomic E-state index is 14.1. The zero-order valence-electron chi connectivity index (χ0n) is 31.2. The lowest BCUT2D eigenvalue weighted by molar-refractivity contribution is -0.271. The summed E-state index contributed by atoms with van der Waals surface area (Å²) < 4.78 is 58.9. The molecular weight excluding hydrogens is 814 g/mol. The van der Waals surface area contributed by atoms with Crippen LogP contribution in [0.15, 0.2) is 97.1 Å². The van der Waals surface area contributed by atoms with E-state index in [1.807, 2.05) is 0 Å². The van der Waals surface area contributed by atoms with Crippen LogP contribution in [0.4, 0.5) is 10.1 Å². The first-order chi connectivity index (χ1) is 28.5. The number of halogens is 1. The molecule has 0 radical (unpaired) electrons. The number of hydrogen-bond donors (Lipinski definition) is 8. The molecule has 0 aliphatic carbocycles. The van der Waals surface area contributed by atoms with E-state index in [1.54, 1.807) is 30.3 Å². The summed E-state index contributed by atoms with van der Waals surface area (Å²) in [5, 5.41) is 80.4. The Morgan fingerprint density at radius 3 is 2.02 bits per heavy atom. The number of amides is 1. The second-order valence-corrected chi connectivity index (χ2v) is 16.7. The van der Waals surface area contributed by atoms with Gasteiger partial charge in [0.2, 0.25) is 12.2 Å². The van der Waals surface area contributed by atoms with Crippen LogP contribution in [0.5, 0.6) is 5.75 Å². The average molecular weight is 854 g/mol. The molecule has 318 valence electrons. The lowest BCUT2D eigenvalue weighted by Crippen LogP contribution is -2.63. The molecular formula is C41H40FNO16S. The molecule has 8 N–H and O–H groups in total. The van der Waals surface area contributed by atoms with E-state index in [-0.39, 0.29) is 22.6 Å². The maximum Gasteiger partial charge on any atom is 0.335 e.